The van der Waals surface area contributed by atoms with Crippen LogP contribution in [0.2, 0.25) is 0 Å². The molecule has 12 rings (SSSR count). The Labute approximate surface area is 416 Å². The van der Waals surface area contributed by atoms with Gasteiger partial charge < -0.3 is 23.7 Å². The number of nitrogens with zero attached hydrogens (tertiary/aromatic N) is 5. The van der Waals surface area contributed by atoms with Gasteiger partial charge in [0, 0.05) is 72.1 Å². The van der Waals surface area contributed by atoms with Gasteiger partial charge in [0.1, 0.15) is 11.6 Å². The monoisotopic (exact) mass is 1080 g/mol. The van der Waals surface area contributed by atoms with E-state index in [1.54, 1.807) is 12.1 Å². The van der Waals surface area contributed by atoms with Crippen molar-refractivity contribution in [3.05, 3.63) is 217 Å². The maximum Gasteiger partial charge on any atom is 0.135 e. The molecule has 0 unspecified atom stereocenters. The molecule has 4 heterocycles. The van der Waals surface area contributed by atoms with Crippen LogP contribution in [0.1, 0.15) is 56.2 Å². The van der Waals surface area contributed by atoms with Gasteiger partial charge in [-0.15, -0.1) is 42.4 Å². The maximum absolute atomic E-state index is 14.1. The molecule has 6 nitrogen and oxygen atoms in total. The van der Waals surface area contributed by atoms with Crippen molar-refractivity contribution in [1.82, 2.24) is 14.1 Å². The Kier molecular flexibility index (Phi) is 11.2. The zero-order valence-corrected chi connectivity index (χ0v) is 41.1. The first-order valence-corrected chi connectivity index (χ1v) is 23.3. The topological polar surface area (TPSA) is 38.5 Å². The summed E-state index contributed by atoms with van der Waals surface area (Å²) in [6, 6.07) is 65.4. The van der Waals surface area contributed by atoms with Gasteiger partial charge in [-0.3, -0.25) is 0 Å². The van der Waals surface area contributed by atoms with Gasteiger partial charge in [0.25, 0.3) is 0 Å². The molecule has 3 aromatic heterocycles. The largest absolute Gasteiger partial charge is 0.509 e. The summed E-state index contributed by atoms with van der Waals surface area (Å²) in [5.41, 5.74) is 14.8. The van der Waals surface area contributed by atoms with E-state index in [-0.39, 0.29) is 38.7 Å². The smallest absolute Gasteiger partial charge is 0.135 e. The van der Waals surface area contributed by atoms with Crippen LogP contribution in [0.15, 0.2) is 176 Å². The third-order valence-electron chi connectivity index (χ3n) is 13.3. The molecule has 8 heteroatoms. The Morgan fingerprint density at radius 1 is 0.551 bits per heavy atom. The van der Waals surface area contributed by atoms with Crippen LogP contribution in [0.4, 0.5) is 27.1 Å². The van der Waals surface area contributed by atoms with E-state index in [4.69, 9.17) is 9.72 Å². The number of aryl methyl sites for hydroxylation is 1. The minimum atomic E-state index is -0.242. The Hall–Kier alpha value is -7.47. The Morgan fingerprint density at radius 3 is 1.81 bits per heavy atom. The van der Waals surface area contributed by atoms with Crippen LogP contribution < -0.4 is 14.5 Å². The standard InChI is InChI=1S/C61H47FN5O.Pt/c1-38(2)52-31-42(41-22-24-43(62)25-23-41)32-53(39(3)4)61(52)65-37-64(57-28-21-40(5)30-59(57)65)44-33-45(66-54-17-9-6-14-48(54)49-15-7-10-18-55(49)66)35-47(34-44)68-46-26-27-51-50-16-8-11-19-56(50)67(58(51)36-46)60-20-12-13-29-63-60;/h6-33,35,37-39H,1-5H3;/q-3;. The minimum absolute atomic E-state index is 0. The average molecular weight is 1080 g/mol. The molecule has 1 aliphatic rings. The van der Waals surface area contributed by atoms with E-state index in [9.17, 15) is 4.39 Å². The first-order chi connectivity index (χ1) is 33.2. The zero-order chi connectivity index (χ0) is 46.2. The summed E-state index contributed by atoms with van der Waals surface area (Å²) in [7, 11) is 0. The molecule has 11 aromatic rings. The molecule has 0 saturated heterocycles. The molecule has 8 aromatic carbocycles. The normalized spacial score (nSPS) is 12.5. The van der Waals surface area contributed by atoms with Crippen LogP contribution in [0.3, 0.4) is 0 Å². The molecule has 0 N–H and O–H groups in total. The van der Waals surface area contributed by atoms with Crippen LogP contribution in [-0.4, -0.2) is 14.1 Å². The van der Waals surface area contributed by atoms with Crippen molar-refractivity contribution in [2.24, 2.45) is 0 Å². The second-order valence-electron chi connectivity index (χ2n) is 18.4. The fourth-order valence-corrected chi connectivity index (χ4v) is 10.1. The number of pyridine rings is 1. The van der Waals surface area contributed by atoms with E-state index >= 15 is 0 Å². The SMILES string of the molecule is Cc1ccc2c(c1)N(c1c(C(C)C)cc(-c3ccc(F)cc3)cc1C(C)C)[CH-]N2c1[c-]c(Oc2[c-]c3c(cc2)c2ccccc2n3-c2ccccn2)cc(-n2c3ccccc3c3ccccc32)c1.[Pt]. The summed E-state index contributed by atoms with van der Waals surface area (Å²) < 4.78 is 25.6. The summed E-state index contributed by atoms with van der Waals surface area (Å²) in [6.07, 6.45) is 1.82. The van der Waals surface area contributed by atoms with Crippen molar-refractivity contribution >= 4 is 66.4 Å². The summed E-state index contributed by atoms with van der Waals surface area (Å²) in [5.74, 6) is 2.05. The van der Waals surface area contributed by atoms with Crippen molar-refractivity contribution in [2.45, 2.75) is 46.5 Å². The van der Waals surface area contributed by atoms with Crippen molar-refractivity contribution in [1.29, 1.82) is 0 Å². The fourth-order valence-electron chi connectivity index (χ4n) is 10.1. The second kappa shape index (κ2) is 17.6. The zero-order valence-electron chi connectivity index (χ0n) is 38.8. The van der Waals surface area contributed by atoms with Gasteiger partial charge >= 0.3 is 0 Å². The van der Waals surface area contributed by atoms with Crippen LogP contribution in [0.25, 0.3) is 66.2 Å². The van der Waals surface area contributed by atoms with E-state index in [2.05, 4.69) is 194 Å². The number of hydrogen-bond acceptors (Lipinski definition) is 4. The predicted octanol–water partition coefficient (Wildman–Crippen LogP) is 16.4. The molecular formula is C61H47FN5OPt-3. The van der Waals surface area contributed by atoms with E-state index in [1.807, 2.05) is 42.6 Å². The van der Waals surface area contributed by atoms with Crippen LogP contribution >= 0.6 is 0 Å². The molecule has 0 amide bonds. The number of ether oxygens (including phenoxy) is 1. The molecule has 0 bridgehead atoms. The van der Waals surface area contributed by atoms with Crippen molar-refractivity contribution in [2.75, 3.05) is 9.80 Å². The summed E-state index contributed by atoms with van der Waals surface area (Å²) in [5, 5.41) is 4.53. The van der Waals surface area contributed by atoms with Crippen LogP contribution in [-0.2, 0) is 21.1 Å². The third-order valence-corrected chi connectivity index (χ3v) is 13.3. The number of para-hydroxylation sites is 3. The van der Waals surface area contributed by atoms with Gasteiger partial charge in [-0.05, 0) is 119 Å². The number of hydrogen-bond donors (Lipinski definition) is 0. The van der Waals surface area contributed by atoms with Gasteiger partial charge in [-0.1, -0.05) is 123 Å². The van der Waals surface area contributed by atoms with Crippen LogP contribution in [0.5, 0.6) is 11.5 Å². The molecular weight excluding hydrogens is 1030 g/mol. The molecule has 0 radical (unpaired) electrons. The number of rotatable bonds is 9. The Bertz CT molecular complexity index is 3660. The average Bonchev–Trinajstić information content (AvgIpc) is 4.01. The number of fused-ring (bicyclic) bond motifs is 7. The summed E-state index contributed by atoms with van der Waals surface area (Å²) in [4.78, 5) is 9.36. The van der Waals surface area contributed by atoms with Crippen molar-refractivity contribution in [3.63, 3.8) is 0 Å². The molecule has 1 aliphatic heterocycles. The van der Waals surface area contributed by atoms with Gasteiger partial charge in [0.2, 0.25) is 0 Å². The van der Waals surface area contributed by atoms with Gasteiger partial charge in [-0.2, -0.15) is 6.07 Å². The molecule has 0 atom stereocenters. The predicted molar refractivity (Wildman–Crippen MR) is 277 cm³/mol. The molecule has 0 spiro atoms. The van der Waals surface area contributed by atoms with E-state index in [0.29, 0.717) is 11.5 Å². The van der Waals surface area contributed by atoms with Gasteiger partial charge in [-0.25, -0.2) is 9.37 Å². The Morgan fingerprint density at radius 2 is 1.17 bits per heavy atom. The quantitative estimate of drug-likeness (QED) is 0.135. The number of halogens is 1. The molecule has 69 heavy (non-hydrogen) atoms. The van der Waals surface area contributed by atoms with E-state index in [0.717, 1.165) is 83.8 Å². The first-order valence-electron chi connectivity index (χ1n) is 23.3. The number of benzene rings is 8. The number of anilines is 4. The third kappa shape index (κ3) is 7.57. The maximum atomic E-state index is 14.1. The molecule has 0 aliphatic carbocycles. The van der Waals surface area contributed by atoms with Crippen molar-refractivity contribution < 1.29 is 30.2 Å². The van der Waals surface area contributed by atoms with Crippen LogP contribution in [0, 0.1) is 31.5 Å². The summed E-state index contributed by atoms with van der Waals surface area (Å²) >= 11 is 0. The van der Waals surface area contributed by atoms with Crippen molar-refractivity contribution in [3.8, 4) is 34.1 Å². The number of aromatic nitrogens is 3. The first kappa shape index (κ1) is 44.1. The van der Waals surface area contributed by atoms with E-state index < -0.39 is 0 Å². The fraction of sp³-hybridized carbons (Fsp3) is 0.115. The Balaban J connectivity index is 0.00000520. The van der Waals surface area contributed by atoms with Gasteiger partial charge in [0.15, 0.2) is 0 Å². The summed E-state index contributed by atoms with van der Waals surface area (Å²) in [6.45, 7) is 13.4. The molecule has 0 fully saturated rings. The van der Waals surface area contributed by atoms with E-state index in [1.165, 1.54) is 21.9 Å². The minimum Gasteiger partial charge on any atom is -0.509 e. The second-order valence-corrected chi connectivity index (χ2v) is 18.4. The molecule has 342 valence electrons. The molecule has 0 saturated carbocycles. The van der Waals surface area contributed by atoms with Gasteiger partial charge in [0.05, 0.1) is 11.0 Å².